The zero-order valence-corrected chi connectivity index (χ0v) is 13.2. The second kappa shape index (κ2) is 7.81. The van der Waals surface area contributed by atoms with Crippen LogP contribution < -0.4 is 10.1 Å². The molecule has 0 atom stereocenters. The number of ether oxygens (including phenoxy) is 1. The summed E-state index contributed by atoms with van der Waals surface area (Å²) in [6, 6.07) is 9.55. The molecule has 1 heterocycles. The average Bonchev–Trinajstić information content (AvgIpc) is 2.93. The molecule has 0 fully saturated rings. The zero-order valence-electron chi connectivity index (χ0n) is 12.3. The normalized spacial score (nSPS) is 10.6. The topological polar surface area (TPSA) is 41.6 Å². The van der Waals surface area contributed by atoms with Gasteiger partial charge in [0.05, 0.1) is 18.8 Å². The summed E-state index contributed by atoms with van der Waals surface area (Å²) in [5.41, 5.74) is 1.94. The second-order valence-corrected chi connectivity index (χ2v) is 5.56. The third-order valence-electron chi connectivity index (χ3n) is 2.91. The lowest BCUT2D eigenvalue weighted by atomic mass is 10.3. The molecule has 1 aromatic heterocycles. The third-order valence-corrected chi connectivity index (χ3v) is 3.64. The predicted molar refractivity (Wildman–Crippen MR) is 86.9 cm³/mol. The van der Waals surface area contributed by atoms with E-state index in [1.54, 1.807) is 11.3 Å². The molecular weight excluding hydrogens is 284 g/mol. The van der Waals surface area contributed by atoms with E-state index in [1.807, 2.05) is 48.5 Å². The molecule has 1 amide bonds. The van der Waals surface area contributed by atoms with Crippen molar-refractivity contribution in [1.29, 1.82) is 0 Å². The van der Waals surface area contributed by atoms with Gasteiger partial charge in [0, 0.05) is 6.54 Å². The van der Waals surface area contributed by atoms with Crippen molar-refractivity contribution in [3.63, 3.8) is 0 Å². The van der Waals surface area contributed by atoms with E-state index in [9.17, 15) is 4.79 Å². The van der Waals surface area contributed by atoms with Crippen LogP contribution in [0.4, 0.5) is 5.69 Å². The van der Waals surface area contributed by atoms with Crippen molar-refractivity contribution in [2.75, 3.05) is 25.5 Å². The van der Waals surface area contributed by atoms with Crippen LogP contribution in [0.5, 0.6) is 5.75 Å². The number of para-hydroxylation sites is 2. The van der Waals surface area contributed by atoms with Crippen LogP contribution in [0.15, 0.2) is 41.1 Å². The number of benzene rings is 1. The minimum Gasteiger partial charge on any atom is -0.492 e. The van der Waals surface area contributed by atoms with Gasteiger partial charge >= 0.3 is 0 Å². The molecule has 21 heavy (non-hydrogen) atoms. The van der Waals surface area contributed by atoms with Crippen LogP contribution in [0, 0.1) is 0 Å². The Morgan fingerprint density at radius 2 is 2.14 bits per heavy atom. The van der Waals surface area contributed by atoms with E-state index in [1.165, 1.54) is 5.56 Å². The molecule has 0 aliphatic heterocycles. The molecule has 4 nitrogen and oxygen atoms in total. The van der Waals surface area contributed by atoms with Crippen LogP contribution in [0.25, 0.3) is 0 Å². The van der Waals surface area contributed by atoms with E-state index >= 15 is 0 Å². The van der Waals surface area contributed by atoms with Crippen molar-refractivity contribution < 1.29 is 9.53 Å². The number of carbonyl (C=O) groups is 1. The van der Waals surface area contributed by atoms with E-state index in [2.05, 4.69) is 16.8 Å². The molecule has 2 aromatic rings. The lowest BCUT2D eigenvalue weighted by molar-refractivity contribution is -0.117. The van der Waals surface area contributed by atoms with E-state index < -0.39 is 0 Å². The molecule has 2 rings (SSSR count). The smallest absolute Gasteiger partial charge is 0.238 e. The Hall–Kier alpha value is -1.85. The molecule has 0 saturated heterocycles. The fourth-order valence-corrected chi connectivity index (χ4v) is 2.70. The van der Waals surface area contributed by atoms with E-state index in [0.717, 1.165) is 6.54 Å². The lowest BCUT2D eigenvalue weighted by Crippen LogP contribution is -2.29. The highest BCUT2D eigenvalue weighted by molar-refractivity contribution is 7.07. The van der Waals surface area contributed by atoms with Gasteiger partial charge in [-0.1, -0.05) is 12.1 Å². The minimum absolute atomic E-state index is 0.0418. The van der Waals surface area contributed by atoms with Gasteiger partial charge in [0.15, 0.2) is 0 Å². The van der Waals surface area contributed by atoms with Gasteiger partial charge in [-0.2, -0.15) is 11.3 Å². The first-order chi connectivity index (χ1) is 10.2. The maximum absolute atomic E-state index is 12.1. The van der Waals surface area contributed by atoms with Crippen LogP contribution in [0.1, 0.15) is 12.5 Å². The van der Waals surface area contributed by atoms with Crippen LogP contribution in [-0.2, 0) is 11.3 Å². The number of hydrogen-bond acceptors (Lipinski definition) is 4. The Labute approximate surface area is 129 Å². The maximum Gasteiger partial charge on any atom is 0.238 e. The van der Waals surface area contributed by atoms with Gasteiger partial charge in [-0.15, -0.1) is 0 Å². The van der Waals surface area contributed by atoms with E-state index in [-0.39, 0.29) is 5.91 Å². The Morgan fingerprint density at radius 3 is 2.86 bits per heavy atom. The number of nitrogens with one attached hydrogen (secondary N) is 1. The molecule has 0 saturated carbocycles. The van der Waals surface area contributed by atoms with Crippen LogP contribution in [-0.4, -0.2) is 31.0 Å². The number of nitrogens with zero attached hydrogens (tertiary/aromatic N) is 1. The summed E-state index contributed by atoms with van der Waals surface area (Å²) in [5, 5.41) is 7.04. The maximum atomic E-state index is 12.1. The van der Waals surface area contributed by atoms with Crippen molar-refractivity contribution in [3.8, 4) is 5.75 Å². The summed E-state index contributed by atoms with van der Waals surface area (Å²) >= 11 is 1.67. The summed E-state index contributed by atoms with van der Waals surface area (Å²) in [5.74, 6) is 0.661. The Kier molecular flexibility index (Phi) is 5.78. The standard InChI is InChI=1S/C16H20N2O2S/c1-3-20-15-7-5-4-6-14(15)17-16(19)11-18(2)10-13-8-9-21-12-13/h4-9,12H,3,10-11H2,1-2H3,(H,17,19). The van der Waals surface area contributed by atoms with Crippen LogP contribution in [0.2, 0.25) is 0 Å². The Balaban J connectivity index is 1.89. The molecule has 0 aliphatic rings. The summed E-state index contributed by atoms with van der Waals surface area (Å²) < 4.78 is 5.50. The molecule has 1 aromatic carbocycles. The number of likely N-dealkylation sites (N-methyl/N-ethyl adjacent to an activating group) is 1. The fourth-order valence-electron chi connectivity index (χ4n) is 2.04. The molecule has 0 radical (unpaired) electrons. The highest BCUT2D eigenvalue weighted by Gasteiger charge is 2.10. The van der Waals surface area contributed by atoms with Crippen molar-refractivity contribution >= 4 is 22.9 Å². The van der Waals surface area contributed by atoms with Gasteiger partial charge in [0.25, 0.3) is 0 Å². The fraction of sp³-hybridized carbons (Fsp3) is 0.312. The number of carbonyl (C=O) groups excluding carboxylic acids is 1. The summed E-state index contributed by atoms with van der Waals surface area (Å²) in [6.45, 7) is 3.61. The second-order valence-electron chi connectivity index (χ2n) is 4.78. The Bertz CT molecular complexity index is 569. The molecule has 0 aliphatic carbocycles. The molecule has 1 N–H and O–H groups in total. The van der Waals surface area contributed by atoms with Crippen LogP contribution in [0.3, 0.4) is 0 Å². The molecule has 0 bridgehead atoms. The number of amides is 1. The van der Waals surface area contributed by atoms with Gasteiger partial charge < -0.3 is 10.1 Å². The zero-order chi connectivity index (χ0) is 15.1. The highest BCUT2D eigenvalue weighted by Crippen LogP contribution is 2.23. The summed E-state index contributed by atoms with van der Waals surface area (Å²) in [4.78, 5) is 14.1. The van der Waals surface area contributed by atoms with Gasteiger partial charge in [-0.25, -0.2) is 0 Å². The Morgan fingerprint density at radius 1 is 1.33 bits per heavy atom. The molecule has 0 spiro atoms. The largest absolute Gasteiger partial charge is 0.492 e. The SMILES string of the molecule is CCOc1ccccc1NC(=O)CN(C)Cc1ccsc1. The van der Waals surface area contributed by atoms with Gasteiger partial charge in [-0.3, -0.25) is 9.69 Å². The molecule has 5 heteroatoms. The third kappa shape index (κ3) is 4.88. The number of anilines is 1. The highest BCUT2D eigenvalue weighted by atomic mass is 32.1. The van der Waals surface area contributed by atoms with Crippen LogP contribution >= 0.6 is 11.3 Å². The van der Waals surface area contributed by atoms with Gasteiger partial charge in [0.2, 0.25) is 5.91 Å². The van der Waals surface area contributed by atoms with Crippen molar-refractivity contribution in [2.45, 2.75) is 13.5 Å². The number of rotatable bonds is 7. The summed E-state index contributed by atoms with van der Waals surface area (Å²) in [7, 11) is 1.94. The molecule has 0 unspecified atom stereocenters. The predicted octanol–water partition coefficient (Wildman–Crippen LogP) is 3.22. The van der Waals surface area contributed by atoms with Crippen molar-refractivity contribution in [2.24, 2.45) is 0 Å². The quantitative estimate of drug-likeness (QED) is 0.854. The minimum atomic E-state index is -0.0418. The molecule has 112 valence electrons. The van der Waals surface area contributed by atoms with E-state index in [0.29, 0.717) is 24.6 Å². The van der Waals surface area contributed by atoms with Crippen molar-refractivity contribution in [1.82, 2.24) is 4.90 Å². The number of hydrogen-bond donors (Lipinski definition) is 1. The van der Waals surface area contributed by atoms with E-state index in [4.69, 9.17) is 4.74 Å². The number of thiophene rings is 1. The molecular formula is C16H20N2O2S. The summed E-state index contributed by atoms with van der Waals surface area (Å²) in [6.07, 6.45) is 0. The lowest BCUT2D eigenvalue weighted by Gasteiger charge is -2.16. The first-order valence-corrected chi connectivity index (χ1v) is 7.84. The van der Waals surface area contributed by atoms with Gasteiger partial charge in [-0.05, 0) is 48.5 Å². The van der Waals surface area contributed by atoms with Gasteiger partial charge in [0.1, 0.15) is 5.75 Å². The van der Waals surface area contributed by atoms with Crippen molar-refractivity contribution in [3.05, 3.63) is 46.7 Å². The first kappa shape index (κ1) is 15.5. The first-order valence-electron chi connectivity index (χ1n) is 6.90. The monoisotopic (exact) mass is 304 g/mol. The average molecular weight is 304 g/mol.